The Kier molecular flexibility index (Phi) is 6.88. The maximum atomic E-state index is 14.4. The number of aliphatic hydroxyl groups is 3. The smallest absolute Gasteiger partial charge is 0.255 e. The molecule has 2 heterocycles. The third-order valence-electron chi connectivity index (χ3n) is 10.3. The zero-order valence-electron chi connectivity index (χ0n) is 25.4. The number of ketones is 2. The highest BCUT2D eigenvalue weighted by atomic mass is 16.4. The van der Waals surface area contributed by atoms with Gasteiger partial charge in [-0.1, -0.05) is 20.3 Å². The second-order valence-corrected chi connectivity index (χ2v) is 13.5. The van der Waals surface area contributed by atoms with E-state index in [0.29, 0.717) is 23.4 Å². The van der Waals surface area contributed by atoms with Crippen LogP contribution in [0.2, 0.25) is 0 Å². The number of rotatable bonds is 5. The van der Waals surface area contributed by atoms with Crippen molar-refractivity contribution in [1.82, 2.24) is 9.80 Å². The van der Waals surface area contributed by atoms with Gasteiger partial charge in [-0.3, -0.25) is 24.2 Å². The minimum Gasteiger partial charge on any atom is -0.508 e. The van der Waals surface area contributed by atoms with Crippen LogP contribution in [0, 0.1) is 10.8 Å². The summed E-state index contributed by atoms with van der Waals surface area (Å²) >= 11 is 0. The molecule has 1 saturated carbocycles. The van der Waals surface area contributed by atoms with E-state index in [1.165, 1.54) is 24.3 Å². The third kappa shape index (κ3) is 4.02. The van der Waals surface area contributed by atoms with E-state index in [9.17, 15) is 34.8 Å². The molecule has 11 heteroatoms. The van der Waals surface area contributed by atoms with Crippen molar-refractivity contribution in [3.8, 4) is 17.1 Å². The number of nitrogens with zero attached hydrogens (tertiary/aromatic N) is 2. The summed E-state index contributed by atoms with van der Waals surface area (Å²) in [5.41, 5.74) is 0.0751. The van der Waals surface area contributed by atoms with Crippen molar-refractivity contribution in [3.05, 3.63) is 58.1 Å². The number of amides is 1. The highest BCUT2D eigenvalue weighted by Crippen LogP contribution is 2.63. The van der Waals surface area contributed by atoms with Gasteiger partial charge in [-0.05, 0) is 82.7 Å². The van der Waals surface area contributed by atoms with Crippen molar-refractivity contribution in [2.45, 2.75) is 64.1 Å². The molecule has 1 aromatic heterocycles. The largest absolute Gasteiger partial charge is 0.508 e. The molecule has 6 rings (SSSR count). The Morgan fingerprint density at radius 3 is 2.39 bits per heavy atom. The van der Waals surface area contributed by atoms with Crippen molar-refractivity contribution in [2.75, 3.05) is 27.2 Å². The summed E-state index contributed by atoms with van der Waals surface area (Å²) in [7, 11) is 3.16. The van der Waals surface area contributed by atoms with Crippen LogP contribution in [0.15, 0.2) is 45.6 Å². The van der Waals surface area contributed by atoms with Gasteiger partial charge < -0.3 is 30.6 Å². The molecule has 2 aromatic rings. The second kappa shape index (κ2) is 10.0. The number of aliphatic hydroxyl groups excluding tert-OH is 2. The Hall–Kier alpha value is -3.93. The van der Waals surface area contributed by atoms with E-state index < -0.39 is 57.0 Å². The normalized spacial score (nSPS) is 30.8. The van der Waals surface area contributed by atoms with Crippen molar-refractivity contribution < 1.29 is 39.2 Å². The molecule has 0 bridgehead atoms. The van der Waals surface area contributed by atoms with Crippen LogP contribution in [0.4, 0.5) is 0 Å². The van der Waals surface area contributed by atoms with Crippen LogP contribution >= 0.6 is 0 Å². The van der Waals surface area contributed by atoms with Crippen LogP contribution in [0.3, 0.4) is 0 Å². The number of carbonyl (C=O) groups is 3. The van der Waals surface area contributed by atoms with Gasteiger partial charge in [-0.15, -0.1) is 0 Å². The number of Topliss-reactive ketones (excluding diaryl/α,β-unsaturated/α-hetero) is 2. The van der Waals surface area contributed by atoms with E-state index in [-0.39, 0.29) is 29.7 Å². The lowest BCUT2D eigenvalue weighted by Gasteiger charge is -2.59. The first kappa shape index (κ1) is 30.1. The van der Waals surface area contributed by atoms with Crippen LogP contribution in [0.5, 0.6) is 5.75 Å². The summed E-state index contributed by atoms with van der Waals surface area (Å²) in [5, 5.41) is 46.0. The van der Waals surface area contributed by atoms with E-state index >= 15 is 0 Å². The van der Waals surface area contributed by atoms with Gasteiger partial charge in [-0.25, -0.2) is 0 Å². The van der Waals surface area contributed by atoms with Gasteiger partial charge in [0.15, 0.2) is 11.4 Å². The van der Waals surface area contributed by atoms with Gasteiger partial charge in [0, 0.05) is 22.0 Å². The Labute approximate surface area is 255 Å². The molecule has 2 fully saturated rings. The number of phenols is 1. The standard InChI is InChI=1S/C33H39N3O8/c1-31-14-19-18(21-11-8-17(44-21)15-36-12-6-5-7-13-36)9-10-20(37)22(19)25(38)24(31)29(41)33(43)28(40)23(30(34)42)26(39)27(35(3)4)32(33,2)16-31/h8-11,27,37-38,40,43H,5-7,12-16H2,1-4H3,(H2,34,42)/t27-,31+,32+,33-/m1/s1. The molecule has 4 atom stereocenters. The van der Waals surface area contributed by atoms with Crippen molar-refractivity contribution in [2.24, 2.45) is 16.6 Å². The number of primary amides is 1. The molecule has 1 saturated heterocycles. The lowest BCUT2D eigenvalue weighted by atomic mass is 9.46. The van der Waals surface area contributed by atoms with Gasteiger partial charge in [-0.2, -0.15) is 0 Å². The highest BCUT2D eigenvalue weighted by Gasteiger charge is 2.72. The third-order valence-corrected chi connectivity index (χ3v) is 10.3. The highest BCUT2D eigenvalue weighted by molar-refractivity contribution is 6.25. The predicted octanol–water partition coefficient (Wildman–Crippen LogP) is 2.99. The number of aromatic hydroxyl groups is 1. The number of hydrogen-bond acceptors (Lipinski definition) is 10. The van der Waals surface area contributed by atoms with Crippen LogP contribution in [-0.4, -0.2) is 86.5 Å². The number of carbonyl (C=O) groups excluding carboxylic acids is 3. The fourth-order valence-corrected chi connectivity index (χ4v) is 8.50. The average molecular weight is 606 g/mol. The van der Waals surface area contributed by atoms with E-state index in [2.05, 4.69) is 4.90 Å². The van der Waals surface area contributed by atoms with Gasteiger partial charge in [0.1, 0.15) is 34.4 Å². The molecule has 4 aliphatic rings. The van der Waals surface area contributed by atoms with Crippen LogP contribution < -0.4 is 5.73 Å². The van der Waals surface area contributed by atoms with Crippen LogP contribution in [0.25, 0.3) is 17.1 Å². The van der Waals surface area contributed by atoms with Crippen molar-refractivity contribution in [3.63, 3.8) is 0 Å². The van der Waals surface area contributed by atoms with Crippen molar-refractivity contribution >= 4 is 23.2 Å². The number of benzene rings is 1. The first-order valence-electron chi connectivity index (χ1n) is 15.0. The number of piperidine rings is 1. The molecule has 1 aliphatic heterocycles. The van der Waals surface area contributed by atoms with E-state index in [0.717, 1.165) is 31.7 Å². The maximum absolute atomic E-state index is 14.4. The molecule has 6 N–H and O–H groups in total. The minimum atomic E-state index is -2.75. The number of likely N-dealkylation sites (tertiary alicyclic amines) is 1. The quantitative estimate of drug-likeness (QED) is 0.318. The fraction of sp³-hybridized carbons (Fsp3) is 0.485. The number of phenolic OH excluding ortho intramolecular Hbond substituents is 1. The van der Waals surface area contributed by atoms with Crippen LogP contribution in [0.1, 0.15) is 56.4 Å². The number of likely N-dealkylation sites (N-methyl/N-ethyl adjacent to an activating group) is 1. The summed E-state index contributed by atoms with van der Waals surface area (Å²) in [6.45, 7) is 5.96. The average Bonchev–Trinajstić information content (AvgIpc) is 3.39. The Balaban J connectivity index is 1.51. The lowest BCUT2D eigenvalue weighted by Crippen LogP contribution is -2.72. The molecule has 44 heavy (non-hydrogen) atoms. The summed E-state index contributed by atoms with van der Waals surface area (Å²) in [5.74, 6) is -3.73. The van der Waals surface area contributed by atoms with Gasteiger partial charge >= 0.3 is 0 Å². The lowest BCUT2D eigenvalue weighted by molar-refractivity contribution is -0.175. The molecule has 1 aromatic carbocycles. The number of nitrogens with two attached hydrogens (primary N) is 1. The Morgan fingerprint density at radius 2 is 1.75 bits per heavy atom. The van der Waals surface area contributed by atoms with E-state index in [1.54, 1.807) is 27.1 Å². The monoisotopic (exact) mass is 605 g/mol. The summed E-state index contributed by atoms with van der Waals surface area (Å²) < 4.78 is 6.27. The number of fused-ring (bicyclic) bond motifs is 3. The number of furan rings is 1. The molecule has 0 spiro atoms. The van der Waals surface area contributed by atoms with Gasteiger partial charge in [0.05, 0.1) is 18.2 Å². The maximum Gasteiger partial charge on any atom is 0.255 e. The minimum absolute atomic E-state index is 0.0270. The summed E-state index contributed by atoms with van der Waals surface area (Å²) in [6.07, 6.45) is 3.62. The fourth-order valence-electron chi connectivity index (χ4n) is 8.50. The molecule has 0 radical (unpaired) electrons. The molecule has 234 valence electrons. The molecule has 3 aliphatic carbocycles. The second-order valence-electron chi connectivity index (χ2n) is 13.5. The molecular formula is C33H39N3O8. The summed E-state index contributed by atoms with van der Waals surface area (Å²) in [6, 6.07) is 5.69. The SMILES string of the molecule is CN(C)[C@@H]1C(=O)C(C(N)=O)=C(O)[C@@]2(O)C(=O)C3=C(O)c4c(O)ccc(-c5ccc(CN6CCCCC6)o5)c4C[C@@]3(C)C[C@@]12C. The molecular weight excluding hydrogens is 566 g/mol. The number of hydrogen-bond donors (Lipinski definition) is 5. The summed E-state index contributed by atoms with van der Waals surface area (Å²) in [4.78, 5) is 44.1. The van der Waals surface area contributed by atoms with Gasteiger partial charge in [0.2, 0.25) is 5.78 Å². The molecule has 0 unspecified atom stereocenters. The van der Waals surface area contributed by atoms with E-state index in [4.69, 9.17) is 10.2 Å². The Bertz CT molecular complexity index is 1660. The first-order chi connectivity index (χ1) is 20.7. The zero-order chi connectivity index (χ0) is 31.9. The predicted molar refractivity (Wildman–Crippen MR) is 160 cm³/mol. The zero-order valence-corrected chi connectivity index (χ0v) is 25.4. The van der Waals surface area contributed by atoms with E-state index in [1.807, 2.05) is 12.1 Å². The van der Waals surface area contributed by atoms with Crippen LogP contribution in [-0.2, 0) is 27.3 Å². The van der Waals surface area contributed by atoms with Crippen molar-refractivity contribution in [1.29, 1.82) is 0 Å². The molecule has 1 amide bonds. The molecule has 11 nitrogen and oxygen atoms in total. The Morgan fingerprint density at radius 1 is 1.07 bits per heavy atom. The van der Waals surface area contributed by atoms with Gasteiger partial charge in [0.25, 0.3) is 5.91 Å². The first-order valence-corrected chi connectivity index (χ1v) is 15.0. The topological polar surface area (TPSA) is 178 Å².